The number of nitrogens with one attached hydrogen (secondary N) is 2. The predicted molar refractivity (Wildman–Crippen MR) is 61.3 cm³/mol. The maximum atomic E-state index is 12.0. The Morgan fingerprint density at radius 1 is 1.56 bits per heavy atom. The lowest BCUT2D eigenvalue weighted by Gasteiger charge is -2.12. The van der Waals surface area contributed by atoms with Crippen molar-refractivity contribution in [3.8, 4) is 0 Å². The topological polar surface area (TPSA) is 101 Å². The van der Waals surface area contributed by atoms with Gasteiger partial charge in [0.15, 0.2) is 0 Å². The number of aromatic amines is 1. The monoisotopic (exact) mass is 246 g/mol. The highest BCUT2D eigenvalue weighted by molar-refractivity contribution is 7.89. The molecule has 0 saturated heterocycles. The van der Waals surface area contributed by atoms with Gasteiger partial charge in [0, 0.05) is 12.6 Å². The minimum atomic E-state index is -3.53. The first-order valence-corrected chi connectivity index (χ1v) is 6.67. The van der Waals surface area contributed by atoms with Crippen molar-refractivity contribution in [2.45, 2.75) is 44.7 Å². The number of aryl methyl sites for hydroxylation is 1. The standard InChI is InChI=1S/C9H18N4O2S/c1-4-6(2)13-16(14,15)9-7(3)11-12-8(9)5-10/h6,13H,4-5,10H2,1-3H3,(H,11,12). The van der Waals surface area contributed by atoms with Crippen molar-refractivity contribution in [2.24, 2.45) is 5.73 Å². The van der Waals surface area contributed by atoms with E-state index in [4.69, 9.17) is 5.73 Å². The van der Waals surface area contributed by atoms with Crippen molar-refractivity contribution in [3.63, 3.8) is 0 Å². The molecule has 1 heterocycles. The van der Waals surface area contributed by atoms with Crippen LogP contribution in [0.4, 0.5) is 0 Å². The quantitative estimate of drug-likeness (QED) is 0.693. The highest BCUT2D eigenvalue weighted by Crippen LogP contribution is 2.17. The molecule has 92 valence electrons. The SMILES string of the molecule is CCC(C)NS(=O)(=O)c1c(CN)n[nH]c1C. The maximum Gasteiger partial charge on any atom is 0.244 e. The molecule has 0 fully saturated rings. The van der Waals surface area contributed by atoms with E-state index >= 15 is 0 Å². The van der Waals surface area contributed by atoms with Crippen LogP contribution >= 0.6 is 0 Å². The minimum Gasteiger partial charge on any atom is -0.325 e. The number of hydrogen-bond acceptors (Lipinski definition) is 4. The number of sulfonamides is 1. The van der Waals surface area contributed by atoms with Gasteiger partial charge in [0.2, 0.25) is 10.0 Å². The van der Waals surface area contributed by atoms with Gasteiger partial charge in [-0.2, -0.15) is 5.10 Å². The minimum absolute atomic E-state index is 0.0983. The molecule has 0 aliphatic heterocycles. The Bertz CT molecular complexity index is 452. The number of hydrogen-bond donors (Lipinski definition) is 3. The third kappa shape index (κ3) is 2.60. The van der Waals surface area contributed by atoms with Crippen LogP contribution in [-0.4, -0.2) is 24.7 Å². The summed E-state index contributed by atoms with van der Waals surface area (Å²) in [4.78, 5) is 0.176. The van der Waals surface area contributed by atoms with Gasteiger partial charge in [-0.15, -0.1) is 0 Å². The Hall–Kier alpha value is -0.920. The van der Waals surface area contributed by atoms with Gasteiger partial charge in [0.05, 0.1) is 11.4 Å². The third-order valence-corrected chi connectivity index (χ3v) is 4.18. The lowest BCUT2D eigenvalue weighted by atomic mass is 10.3. The molecular weight excluding hydrogens is 228 g/mol. The molecule has 0 aliphatic carbocycles. The second-order valence-electron chi connectivity index (χ2n) is 3.76. The molecule has 0 saturated carbocycles. The van der Waals surface area contributed by atoms with E-state index in [0.717, 1.165) is 6.42 Å². The van der Waals surface area contributed by atoms with Crippen LogP contribution in [0.25, 0.3) is 0 Å². The molecule has 1 atom stereocenters. The molecular formula is C9H18N4O2S. The first-order valence-electron chi connectivity index (χ1n) is 5.18. The Balaban J connectivity index is 3.11. The number of rotatable bonds is 5. The smallest absolute Gasteiger partial charge is 0.244 e. The Kier molecular flexibility index (Phi) is 4.06. The predicted octanol–water partition coefficient (Wildman–Crippen LogP) is 0.254. The average Bonchev–Trinajstić information content (AvgIpc) is 2.59. The largest absolute Gasteiger partial charge is 0.325 e. The first-order chi connectivity index (χ1) is 7.42. The summed E-state index contributed by atoms with van der Waals surface area (Å²) < 4.78 is 26.7. The summed E-state index contributed by atoms with van der Waals surface area (Å²) in [5, 5.41) is 6.50. The molecule has 7 heteroatoms. The van der Waals surface area contributed by atoms with Crippen LogP contribution in [0.5, 0.6) is 0 Å². The highest BCUT2D eigenvalue weighted by atomic mass is 32.2. The van der Waals surface area contributed by atoms with Gasteiger partial charge in [-0.25, -0.2) is 13.1 Å². The molecule has 6 nitrogen and oxygen atoms in total. The molecule has 0 bridgehead atoms. The fourth-order valence-corrected chi connectivity index (χ4v) is 3.07. The van der Waals surface area contributed by atoms with E-state index in [2.05, 4.69) is 14.9 Å². The van der Waals surface area contributed by atoms with Crippen LogP contribution < -0.4 is 10.5 Å². The average molecular weight is 246 g/mol. The normalized spacial score (nSPS) is 14.0. The molecule has 0 amide bonds. The second kappa shape index (κ2) is 4.94. The van der Waals surface area contributed by atoms with Crippen LogP contribution in [0.3, 0.4) is 0 Å². The third-order valence-electron chi connectivity index (χ3n) is 2.39. The van der Waals surface area contributed by atoms with Crippen molar-refractivity contribution in [2.75, 3.05) is 0 Å². The number of nitrogens with two attached hydrogens (primary N) is 1. The van der Waals surface area contributed by atoms with Gasteiger partial charge >= 0.3 is 0 Å². The van der Waals surface area contributed by atoms with Gasteiger partial charge < -0.3 is 5.73 Å². The van der Waals surface area contributed by atoms with E-state index in [1.165, 1.54) is 0 Å². The zero-order chi connectivity index (χ0) is 12.3. The van der Waals surface area contributed by atoms with Crippen molar-refractivity contribution >= 4 is 10.0 Å². The summed E-state index contributed by atoms with van der Waals surface area (Å²) >= 11 is 0. The molecule has 0 spiro atoms. The summed E-state index contributed by atoms with van der Waals surface area (Å²) in [5.41, 5.74) is 6.33. The molecule has 0 radical (unpaired) electrons. The van der Waals surface area contributed by atoms with Gasteiger partial charge in [-0.1, -0.05) is 6.92 Å². The maximum absolute atomic E-state index is 12.0. The van der Waals surface area contributed by atoms with Crippen LogP contribution in [0.1, 0.15) is 31.7 Å². The van der Waals surface area contributed by atoms with Gasteiger partial charge in [0.1, 0.15) is 4.90 Å². The summed E-state index contributed by atoms with van der Waals surface area (Å²) in [7, 11) is -3.53. The lowest BCUT2D eigenvalue weighted by molar-refractivity contribution is 0.554. The highest BCUT2D eigenvalue weighted by Gasteiger charge is 2.24. The van der Waals surface area contributed by atoms with Gasteiger partial charge in [-0.3, -0.25) is 5.10 Å². The van der Waals surface area contributed by atoms with E-state index in [1.54, 1.807) is 6.92 Å². The molecule has 4 N–H and O–H groups in total. The van der Waals surface area contributed by atoms with E-state index in [-0.39, 0.29) is 17.5 Å². The number of H-pyrrole nitrogens is 1. The number of nitrogens with zero attached hydrogens (tertiary/aromatic N) is 1. The van der Waals surface area contributed by atoms with Crippen LogP contribution in [0, 0.1) is 6.92 Å². The molecule has 1 unspecified atom stereocenters. The van der Waals surface area contributed by atoms with Crippen molar-refractivity contribution in [3.05, 3.63) is 11.4 Å². The van der Waals surface area contributed by atoms with Crippen LogP contribution in [0.2, 0.25) is 0 Å². The molecule has 0 aliphatic rings. The summed E-state index contributed by atoms with van der Waals surface area (Å²) in [6.07, 6.45) is 0.730. The summed E-state index contributed by atoms with van der Waals surface area (Å²) in [6.45, 7) is 5.49. The summed E-state index contributed by atoms with van der Waals surface area (Å²) in [5.74, 6) is 0. The van der Waals surface area contributed by atoms with Crippen LogP contribution in [0.15, 0.2) is 4.90 Å². The zero-order valence-corrected chi connectivity index (χ0v) is 10.6. The number of aromatic nitrogens is 2. The summed E-state index contributed by atoms with van der Waals surface area (Å²) in [6, 6.07) is -0.107. The second-order valence-corrected chi connectivity index (χ2v) is 5.41. The van der Waals surface area contributed by atoms with Crippen molar-refractivity contribution < 1.29 is 8.42 Å². The fraction of sp³-hybridized carbons (Fsp3) is 0.667. The van der Waals surface area contributed by atoms with E-state index < -0.39 is 10.0 Å². The molecule has 1 aromatic rings. The first kappa shape index (κ1) is 13.1. The van der Waals surface area contributed by atoms with Gasteiger partial charge in [0.25, 0.3) is 0 Å². The molecule has 1 rings (SSSR count). The molecule has 0 aromatic carbocycles. The van der Waals surface area contributed by atoms with E-state index in [0.29, 0.717) is 11.4 Å². The molecule has 1 aromatic heterocycles. The van der Waals surface area contributed by atoms with Gasteiger partial charge in [-0.05, 0) is 20.3 Å². The molecule has 16 heavy (non-hydrogen) atoms. The van der Waals surface area contributed by atoms with Crippen molar-refractivity contribution in [1.29, 1.82) is 0 Å². The van der Waals surface area contributed by atoms with Crippen LogP contribution in [-0.2, 0) is 16.6 Å². The van der Waals surface area contributed by atoms with Crippen molar-refractivity contribution in [1.82, 2.24) is 14.9 Å². The lowest BCUT2D eigenvalue weighted by Crippen LogP contribution is -2.33. The zero-order valence-electron chi connectivity index (χ0n) is 9.74. The Morgan fingerprint density at radius 2 is 2.19 bits per heavy atom. The Labute approximate surface area is 95.7 Å². The fourth-order valence-electron chi connectivity index (χ4n) is 1.37. The van der Waals surface area contributed by atoms with E-state index in [1.807, 2.05) is 13.8 Å². The van der Waals surface area contributed by atoms with E-state index in [9.17, 15) is 8.42 Å². The Morgan fingerprint density at radius 3 is 2.69 bits per heavy atom.